The summed E-state index contributed by atoms with van der Waals surface area (Å²) in [6.45, 7) is 2.36. The largest absolute Gasteiger partial charge is 0.496 e. The monoisotopic (exact) mass is 318 g/mol. The SMILES string of the molecule is COc1ccc(C(Br)C(C)C2CC2)c2ccccc12. The zero-order valence-corrected chi connectivity index (χ0v) is 13.0. The van der Waals surface area contributed by atoms with E-state index in [0.29, 0.717) is 10.7 Å². The first kappa shape index (κ1) is 13.0. The van der Waals surface area contributed by atoms with Crippen LogP contribution < -0.4 is 4.74 Å². The molecule has 2 aromatic rings. The molecule has 1 nitrogen and oxygen atoms in total. The van der Waals surface area contributed by atoms with E-state index in [1.54, 1.807) is 7.11 Å². The Morgan fingerprint density at radius 1 is 1.11 bits per heavy atom. The van der Waals surface area contributed by atoms with Crippen molar-refractivity contribution in [2.24, 2.45) is 11.8 Å². The highest BCUT2D eigenvalue weighted by Gasteiger charge is 2.33. The van der Waals surface area contributed by atoms with Crippen LogP contribution in [0.5, 0.6) is 5.75 Å². The van der Waals surface area contributed by atoms with Gasteiger partial charge in [0.1, 0.15) is 5.75 Å². The van der Waals surface area contributed by atoms with Crippen molar-refractivity contribution in [3.63, 3.8) is 0 Å². The summed E-state index contributed by atoms with van der Waals surface area (Å²) in [5.74, 6) is 2.54. The number of fused-ring (bicyclic) bond motifs is 1. The molecule has 2 atom stereocenters. The van der Waals surface area contributed by atoms with Crippen molar-refractivity contribution in [3.05, 3.63) is 42.0 Å². The molecule has 3 rings (SSSR count). The standard InChI is InChI=1S/C17H19BrO/c1-11(12-7-8-12)17(18)15-9-10-16(19-2)14-6-4-3-5-13(14)15/h3-6,9-12,17H,7-8H2,1-2H3. The summed E-state index contributed by atoms with van der Waals surface area (Å²) in [5.41, 5.74) is 1.39. The van der Waals surface area contributed by atoms with E-state index in [1.807, 2.05) is 0 Å². The van der Waals surface area contributed by atoms with Gasteiger partial charge in [0.25, 0.3) is 0 Å². The van der Waals surface area contributed by atoms with Gasteiger partial charge in [-0.25, -0.2) is 0 Å². The lowest BCUT2D eigenvalue weighted by molar-refractivity contribution is 0.419. The predicted molar refractivity (Wildman–Crippen MR) is 84.1 cm³/mol. The maximum Gasteiger partial charge on any atom is 0.126 e. The molecule has 2 aromatic carbocycles. The van der Waals surface area contributed by atoms with E-state index < -0.39 is 0 Å². The summed E-state index contributed by atoms with van der Waals surface area (Å²) in [5, 5.41) is 2.51. The molecule has 2 unspecified atom stereocenters. The Bertz CT molecular complexity index is 589. The van der Waals surface area contributed by atoms with Gasteiger partial charge in [0.15, 0.2) is 0 Å². The average Bonchev–Trinajstić information content (AvgIpc) is 3.29. The first-order valence-electron chi connectivity index (χ1n) is 6.92. The van der Waals surface area contributed by atoms with Gasteiger partial charge >= 0.3 is 0 Å². The number of benzene rings is 2. The molecule has 0 heterocycles. The molecule has 19 heavy (non-hydrogen) atoms. The van der Waals surface area contributed by atoms with E-state index in [2.05, 4.69) is 59.3 Å². The molecule has 0 bridgehead atoms. The Kier molecular flexibility index (Phi) is 3.53. The third-order valence-electron chi connectivity index (χ3n) is 4.26. The fraction of sp³-hybridized carbons (Fsp3) is 0.412. The number of ether oxygens (including phenoxy) is 1. The highest BCUT2D eigenvalue weighted by Crippen LogP contribution is 2.48. The van der Waals surface area contributed by atoms with Crippen molar-refractivity contribution in [3.8, 4) is 5.75 Å². The normalized spacial score (nSPS) is 18.3. The van der Waals surface area contributed by atoms with Gasteiger partial charge in [-0.15, -0.1) is 0 Å². The first-order chi connectivity index (χ1) is 9.22. The zero-order chi connectivity index (χ0) is 13.4. The van der Waals surface area contributed by atoms with Crippen molar-refractivity contribution in [2.45, 2.75) is 24.6 Å². The lowest BCUT2D eigenvalue weighted by atomic mass is 9.92. The van der Waals surface area contributed by atoms with Crippen LogP contribution in [-0.2, 0) is 0 Å². The molecular formula is C17H19BrO. The van der Waals surface area contributed by atoms with Crippen molar-refractivity contribution in [2.75, 3.05) is 7.11 Å². The second kappa shape index (κ2) is 5.16. The van der Waals surface area contributed by atoms with Crippen molar-refractivity contribution in [1.82, 2.24) is 0 Å². The molecule has 1 fully saturated rings. The van der Waals surface area contributed by atoms with E-state index in [0.717, 1.165) is 11.7 Å². The molecule has 0 N–H and O–H groups in total. The molecule has 100 valence electrons. The fourth-order valence-corrected chi connectivity index (χ4v) is 3.69. The second-order valence-electron chi connectivity index (χ2n) is 5.50. The number of hydrogen-bond donors (Lipinski definition) is 0. The van der Waals surface area contributed by atoms with Crippen LogP contribution in [0, 0.1) is 11.8 Å². The Morgan fingerprint density at radius 3 is 2.42 bits per heavy atom. The van der Waals surface area contributed by atoms with E-state index >= 15 is 0 Å². The van der Waals surface area contributed by atoms with E-state index in [1.165, 1.54) is 29.2 Å². The summed E-state index contributed by atoms with van der Waals surface area (Å²) < 4.78 is 5.47. The zero-order valence-electron chi connectivity index (χ0n) is 11.4. The van der Waals surface area contributed by atoms with Crippen LogP contribution in [0.25, 0.3) is 10.8 Å². The van der Waals surface area contributed by atoms with Gasteiger partial charge in [-0.1, -0.05) is 53.2 Å². The Hall–Kier alpha value is -1.02. The molecule has 2 heteroatoms. The maximum absolute atomic E-state index is 5.47. The highest BCUT2D eigenvalue weighted by molar-refractivity contribution is 9.09. The summed E-state index contributed by atoms with van der Waals surface area (Å²) in [4.78, 5) is 0.427. The molecule has 0 amide bonds. The topological polar surface area (TPSA) is 9.23 Å². The van der Waals surface area contributed by atoms with Crippen LogP contribution in [-0.4, -0.2) is 7.11 Å². The second-order valence-corrected chi connectivity index (χ2v) is 6.49. The number of alkyl halides is 1. The van der Waals surface area contributed by atoms with Crippen LogP contribution in [0.15, 0.2) is 36.4 Å². The molecule has 1 aliphatic carbocycles. The number of halogens is 1. The predicted octanol–water partition coefficient (Wildman–Crippen LogP) is 5.33. The van der Waals surface area contributed by atoms with E-state index in [-0.39, 0.29) is 0 Å². The quantitative estimate of drug-likeness (QED) is 0.692. The van der Waals surface area contributed by atoms with Gasteiger partial charge in [-0.2, -0.15) is 0 Å². The minimum absolute atomic E-state index is 0.427. The number of rotatable bonds is 4. The lowest BCUT2D eigenvalue weighted by Gasteiger charge is -2.20. The van der Waals surface area contributed by atoms with Crippen LogP contribution >= 0.6 is 15.9 Å². The molecule has 1 aliphatic rings. The van der Waals surface area contributed by atoms with Crippen LogP contribution in [0.4, 0.5) is 0 Å². The van der Waals surface area contributed by atoms with Crippen molar-refractivity contribution < 1.29 is 4.74 Å². The summed E-state index contributed by atoms with van der Waals surface area (Å²) in [7, 11) is 1.74. The Labute approximate surface area is 123 Å². The molecular weight excluding hydrogens is 300 g/mol. The van der Waals surface area contributed by atoms with Crippen molar-refractivity contribution in [1.29, 1.82) is 0 Å². The van der Waals surface area contributed by atoms with Gasteiger partial charge in [0, 0.05) is 10.2 Å². The van der Waals surface area contributed by atoms with Crippen LogP contribution in [0.1, 0.15) is 30.2 Å². The molecule has 0 radical (unpaired) electrons. The Balaban J connectivity index is 2.08. The summed E-state index contributed by atoms with van der Waals surface area (Å²) in [6.07, 6.45) is 2.77. The molecule has 1 saturated carbocycles. The smallest absolute Gasteiger partial charge is 0.126 e. The van der Waals surface area contributed by atoms with E-state index in [4.69, 9.17) is 4.74 Å². The first-order valence-corrected chi connectivity index (χ1v) is 7.83. The van der Waals surface area contributed by atoms with E-state index in [9.17, 15) is 0 Å². The van der Waals surface area contributed by atoms with Crippen LogP contribution in [0.3, 0.4) is 0 Å². The van der Waals surface area contributed by atoms with Gasteiger partial charge < -0.3 is 4.74 Å². The van der Waals surface area contributed by atoms with Crippen LogP contribution in [0.2, 0.25) is 0 Å². The number of hydrogen-bond acceptors (Lipinski definition) is 1. The Morgan fingerprint density at radius 2 is 1.79 bits per heavy atom. The van der Waals surface area contributed by atoms with Gasteiger partial charge in [0.05, 0.1) is 7.11 Å². The number of methoxy groups -OCH3 is 1. The minimum Gasteiger partial charge on any atom is -0.496 e. The molecule has 0 spiro atoms. The minimum atomic E-state index is 0.427. The van der Waals surface area contributed by atoms with Crippen molar-refractivity contribution >= 4 is 26.7 Å². The molecule has 0 aliphatic heterocycles. The summed E-state index contributed by atoms with van der Waals surface area (Å²) >= 11 is 3.92. The third-order valence-corrected chi connectivity index (χ3v) is 5.59. The summed E-state index contributed by atoms with van der Waals surface area (Å²) in [6, 6.07) is 12.8. The van der Waals surface area contributed by atoms with Gasteiger partial charge in [-0.05, 0) is 41.7 Å². The molecule has 0 saturated heterocycles. The van der Waals surface area contributed by atoms with Gasteiger partial charge in [-0.3, -0.25) is 0 Å². The molecule has 0 aromatic heterocycles. The fourth-order valence-electron chi connectivity index (χ4n) is 2.86. The average molecular weight is 319 g/mol. The third kappa shape index (κ3) is 2.38. The van der Waals surface area contributed by atoms with Gasteiger partial charge in [0.2, 0.25) is 0 Å². The maximum atomic E-state index is 5.47. The lowest BCUT2D eigenvalue weighted by Crippen LogP contribution is -2.06. The highest BCUT2D eigenvalue weighted by atomic mass is 79.9.